The molecule has 25 heavy (non-hydrogen) atoms. The lowest BCUT2D eigenvalue weighted by atomic mass is 10.00. The molecule has 1 saturated carbocycles. The van der Waals surface area contributed by atoms with E-state index in [2.05, 4.69) is 0 Å². The molecular weight excluding hydrogens is 338 g/mol. The third-order valence-corrected chi connectivity index (χ3v) is 5.94. The number of amides is 1. The fourth-order valence-corrected chi connectivity index (χ4v) is 4.07. The van der Waals surface area contributed by atoms with Gasteiger partial charge in [0.2, 0.25) is 5.91 Å². The van der Waals surface area contributed by atoms with Gasteiger partial charge in [0.25, 0.3) is 0 Å². The number of carboxylic acids is 1. The predicted molar refractivity (Wildman–Crippen MR) is 101 cm³/mol. The van der Waals surface area contributed by atoms with Gasteiger partial charge in [0, 0.05) is 25.1 Å². The van der Waals surface area contributed by atoms with E-state index in [1.54, 1.807) is 11.8 Å². The van der Waals surface area contributed by atoms with E-state index in [1.807, 2.05) is 17.1 Å². The SMILES string of the molecule is O=C(O)CCCSCCN1C(=O)CCC[C@@H]1C=C[C@@H](O)CCC1CC1. The molecule has 0 unspecified atom stereocenters. The van der Waals surface area contributed by atoms with Gasteiger partial charge >= 0.3 is 5.97 Å². The topological polar surface area (TPSA) is 77.8 Å². The van der Waals surface area contributed by atoms with Crippen LogP contribution in [-0.4, -0.2) is 57.2 Å². The van der Waals surface area contributed by atoms with E-state index >= 15 is 0 Å². The molecule has 1 aliphatic heterocycles. The average molecular weight is 370 g/mol. The van der Waals surface area contributed by atoms with Crippen LogP contribution in [0, 0.1) is 5.92 Å². The minimum atomic E-state index is -0.753. The molecule has 2 atom stereocenters. The Bertz CT molecular complexity index is 464. The van der Waals surface area contributed by atoms with Crippen LogP contribution in [0.1, 0.15) is 57.8 Å². The standard InChI is InChI=1S/C19H31NO4S/c21-17(10-8-15-6-7-15)11-9-16-3-1-4-18(22)20(16)12-14-25-13-2-5-19(23)24/h9,11,15-17,21H,1-8,10,12-14H2,(H,23,24)/t16-,17+/m1/s1. The molecule has 5 nitrogen and oxygen atoms in total. The van der Waals surface area contributed by atoms with E-state index in [9.17, 15) is 14.7 Å². The Kier molecular flexibility index (Phi) is 8.82. The molecule has 1 aliphatic carbocycles. The number of piperidine rings is 1. The van der Waals surface area contributed by atoms with Crippen LogP contribution in [0.2, 0.25) is 0 Å². The van der Waals surface area contributed by atoms with Crippen LogP contribution in [0.4, 0.5) is 0 Å². The highest BCUT2D eigenvalue weighted by Gasteiger charge is 2.26. The number of hydrogen-bond acceptors (Lipinski definition) is 4. The van der Waals surface area contributed by atoms with Crippen molar-refractivity contribution >= 4 is 23.6 Å². The molecule has 2 fully saturated rings. The normalized spacial score (nSPS) is 22.5. The molecule has 0 aromatic rings. The first-order valence-electron chi connectivity index (χ1n) is 9.51. The van der Waals surface area contributed by atoms with Crippen molar-refractivity contribution in [2.75, 3.05) is 18.1 Å². The number of carboxylic acid groups (broad SMARTS) is 1. The molecular formula is C19H31NO4S. The number of nitrogens with zero attached hydrogens (tertiary/aromatic N) is 1. The van der Waals surface area contributed by atoms with Crippen molar-refractivity contribution in [3.63, 3.8) is 0 Å². The maximum absolute atomic E-state index is 12.2. The van der Waals surface area contributed by atoms with Gasteiger partial charge in [-0.2, -0.15) is 11.8 Å². The number of carbonyl (C=O) groups is 2. The van der Waals surface area contributed by atoms with Crippen molar-refractivity contribution in [2.24, 2.45) is 5.92 Å². The van der Waals surface area contributed by atoms with Gasteiger partial charge in [0.15, 0.2) is 0 Å². The van der Waals surface area contributed by atoms with Crippen LogP contribution >= 0.6 is 11.8 Å². The van der Waals surface area contributed by atoms with Gasteiger partial charge < -0.3 is 15.1 Å². The molecule has 2 N–H and O–H groups in total. The summed E-state index contributed by atoms with van der Waals surface area (Å²) in [5.41, 5.74) is 0. The van der Waals surface area contributed by atoms with Crippen LogP contribution in [0.3, 0.4) is 0 Å². The van der Waals surface area contributed by atoms with Crippen LogP contribution in [0.25, 0.3) is 0 Å². The molecule has 142 valence electrons. The molecule has 0 aromatic carbocycles. The number of likely N-dealkylation sites (tertiary alicyclic amines) is 1. The molecule has 0 radical (unpaired) electrons. The van der Waals surface area contributed by atoms with Crippen LogP contribution in [-0.2, 0) is 9.59 Å². The molecule has 6 heteroatoms. The number of carbonyl (C=O) groups excluding carboxylic acids is 1. The van der Waals surface area contributed by atoms with Crippen LogP contribution < -0.4 is 0 Å². The van der Waals surface area contributed by atoms with E-state index < -0.39 is 12.1 Å². The lowest BCUT2D eigenvalue weighted by Gasteiger charge is -2.34. The summed E-state index contributed by atoms with van der Waals surface area (Å²) >= 11 is 1.70. The number of hydrogen-bond donors (Lipinski definition) is 2. The van der Waals surface area contributed by atoms with Crippen molar-refractivity contribution in [2.45, 2.75) is 69.9 Å². The van der Waals surface area contributed by atoms with Crippen molar-refractivity contribution in [1.29, 1.82) is 0 Å². The minimum absolute atomic E-state index is 0.0939. The Hall–Kier alpha value is -1.01. The zero-order chi connectivity index (χ0) is 18.1. The largest absolute Gasteiger partial charge is 0.481 e. The highest BCUT2D eigenvalue weighted by atomic mass is 32.2. The summed E-state index contributed by atoms with van der Waals surface area (Å²) in [7, 11) is 0. The Morgan fingerprint density at radius 2 is 2.12 bits per heavy atom. The number of aliphatic carboxylic acids is 1. The van der Waals surface area contributed by atoms with E-state index in [1.165, 1.54) is 12.8 Å². The van der Waals surface area contributed by atoms with E-state index in [4.69, 9.17) is 5.11 Å². The first kappa shape index (κ1) is 20.3. The van der Waals surface area contributed by atoms with Gasteiger partial charge in [-0.3, -0.25) is 9.59 Å². The summed E-state index contributed by atoms with van der Waals surface area (Å²) in [4.78, 5) is 24.6. The Morgan fingerprint density at radius 1 is 1.32 bits per heavy atom. The Balaban J connectivity index is 1.70. The lowest BCUT2D eigenvalue weighted by Crippen LogP contribution is -2.43. The molecule has 0 aromatic heterocycles. The molecule has 2 rings (SSSR count). The Labute approximate surface area is 154 Å². The summed E-state index contributed by atoms with van der Waals surface area (Å²) in [6.07, 6.45) is 11.4. The number of rotatable bonds is 12. The van der Waals surface area contributed by atoms with Crippen molar-refractivity contribution in [1.82, 2.24) is 4.90 Å². The number of thioether (sulfide) groups is 1. The van der Waals surface area contributed by atoms with Crippen molar-refractivity contribution in [3.8, 4) is 0 Å². The second-order valence-corrected chi connectivity index (χ2v) is 8.35. The zero-order valence-corrected chi connectivity index (χ0v) is 15.8. The summed E-state index contributed by atoms with van der Waals surface area (Å²) < 4.78 is 0. The summed E-state index contributed by atoms with van der Waals surface area (Å²) in [6, 6.07) is 0.0939. The van der Waals surface area contributed by atoms with Gasteiger partial charge in [-0.25, -0.2) is 0 Å². The minimum Gasteiger partial charge on any atom is -0.481 e. The van der Waals surface area contributed by atoms with E-state index in [0.29, 0.717) is 19.4 Å². The summed E-state index contributed by atoms with van der Waals surface area (Å²) in [6.45, 7) is 0.698. The molecule has 1 saturated heterocycles. The highest BCUT2D eigenvalue weighted by molar-refractivity contribution is 7.99. The molecule has 1 amide bonds. The van der Waals surface area contributed by atoms with Crippen molar-refractivity contribution < 1.29 is 19.8 Å². The quantitative estimate of drug-likeness (QED) is 0.408. The maximum atomic E-state index is 12.2. The lowest BCUT2D eigenvalue weighted by molar-refractivity contribution is -0.137. The first-order chi connectivity index (χ1) is 12.1. The van der Waals surface area contributed by atoms with Crippen LogP contribution in [0.5, 0.6) is 0 Å². The highest BCUT2D eigenvalue weighted by Crippen LogP contribution is 2.34. The summed E-state index contributed by atoms with van der Waals surface area (Å²) in [5, 5.41) is 18.7. The summed E-state index contributed by atoms with van der Waals surface area (Å²) in [5.74, 6) is 1.92. The zero-order valence-electron chi connectivity index (χ0n) is 14.9. The van der Waals surface area contributed by atoms with Crippen molar-refractivity contribution in [3.05, 3.63) is 12.2 Å². The Morgan fingerprint density at radius 3 is 2.84 bits per heavy atom. The third-order valence-electron chi connectivity index (χ3n) is 4.89. The molecule has 0 spiro atoms. The number of aliphatic hydroxyl groups is 1. The fourth-order valence-electron chi connectivity index (χ4n) is 3.19. The molecule has 0 bridgehead atoms. The van der Waals surface area contributed by atoms with E-state index in [0.717, 1.165) is 43.1 Å². The fraction of sp³-hybridized carbons (Fsp3) is 0.789. The average Bonchev–Trinajstić information content (AvgIpc) is 3.39. The van der Waals surface area contributed by atoms with Gasteiger partial charge in [-0.05, 0) is 43.8 Å². The monoisotopic (exact) mass is 369 g/mol. The third kappa shape index (κ3) is 8.27. The van der Waals surface area contributed by atoms with E-state index in [-0.39, 0.29) is 18.4 Å². The van der Waals surface area contributed by atoms with Gasteiger partial charge in [-0.1, -0.05) is 25.0 Å². The van der Waals surface area contributed by atoms with Crippen LogP contribution in [0.15, 0.2) is 12.2 Å². The smallest absolute Gasteiger partial charge is 0.303 e. The predicted octanol–water partition coefficient (Wildman–Crippen LogP) is 3.07. The first-order valence-corrected chi connectivity index (χ1v) is 10.7. The van der Waals surface area contributed by atoms with Gasteiger partial charge in [-0.15, -0.1) is 0 Å². The molecule has 2 aliphatic rings. The second kappa shape index (κ2) is 10.9. The maximum Gasteiger partial charge on any atom is 0.303 e. The second-order valence-electron chi connectivity index (χ2n) is 7.13. The van der Waals surface area contributed by atoms with Gasteiger partial charge in [0.05, 0.1) is 12.1 Å². The van der Waals surface area contributed by atoms with Gasteiger partial charge in [0.1, 0.15) is 0 Å². The molecule has 1 heterocycles. The number of aliphatic hydroxyl groups excluding tert-OH is 1.